The molecule has 4 N–H and O–H groups in total. The van der Waals surface area contributed by atoms with Crippen LogP contribution in [0.1, 0.15) is 55.0 Å². The number of thioether (sulfide) groups is 1. The summed E-state index contributed by atoms with van der Waals surface area (Å²) in [6.45, 7) is 7.19. The zero-order valence-electron chi connectivity index (χ0n) is 32.7. The van der Waals surface area contributed by atoms with Crippen molar-refractivity contribution >= 4 is 79.7 Å². The second-order valence-corrected chi connectivity index (χ2v) is 16.6. The van der Waals surface area contributed by atoms with Gasteiger partial charge in [-0.3, -0.25) is 4.99 Å². The smallest absolute Gasteiger partial charge is 0.285 e. The van der Waals surface area contributed by atoms with E-state index in [1.807, 2.05) is 18.3 Å². The van der Waals surface area contributed by atoms with E-state index < -0.39 is 5.82 Å². The number of amidine groups is 3. The van der Waals surface area contributed by atoms with Gasteiger partial charge in [0, 0.05) is 47.3 Å². The number of halogens is 6. The Balaban J connectivity index is 0.000000150. The normalized spacial score (nSPS) is 16.6. The van der Waals surface area contributed by atoms with E-state index in [1.165, 1.54) is 49.6 Å². The number of ether oxygens (including phenoxy) is 2. The van der Waals surface area contributed by atoms with Gasteiger partial charge in [-0.1, -0.05) is 105 Å². The van der Waals surface area contributed by atoms with E-state index in [9.17, 15) is 8.78 Å². The van der Waals surface area contributed by atoms with E-state index in [4.69, 9.17) is 44.3 Å². The van der Waals surface area contributed by atoms with Gasteiger partial charge >= 0.3 is 0 Å². The number of nitrogens with zero attached hydrogens (tertiary/aromatic N) is 4. The van der Waals surface area contributed by atoms with Gasteiger partial charge in [0.2, 0.25) is 0 Å². The van der Waals surface area contributed by atoms with Gasteiger partial charge in [-0.15, -0.1) is 0 Å². The molecule has 4 heterocycles. The molecule has 3 aliphatic heterocycles. The molecule has 1 aliphatic carbocycles. The summed E-state index contributed by atoms with van der Waals surface area (Å²) in [5.74, 6) is 1.15. The number of aliphatic imine (C=N–C) groups is 3. The third-order valence-corrected chi connectivity index (χ3v) is 12.0. The molecular formula is C42H48BrCl3F2N8O2S. The monoisotopic (exact) mass is 950 g/mol. The van der Waals surface area contributed by atoms with Gasteiger partial charge in [0.15, 0.2) is 5.17 Å². The molecule has 0 radical (unpaired) electrons. The molecule has 1 unspecified atom stereocenters. The minimum atomic E-state index is -0.398. The van der Waals surface area contributed by atoms with Crippen molar-refractivity contribution in [3.63, 3.8) is 0 Å². The number of hydrogen-bond donors (Lipinski definition) is 4. The van der Waals surface area contributed by atoms with Gasteiger partial charge < -0.3 is 30.4 Å². The highest BCUT2D eigenvalue weighted by molar-refractivity contribution is 9.10. The predicted molar refractivity (Wildman–Crippen MR) is 242 cm³/mol. The van der Waals surface area contributed by atoms with Crippen LogP contribution < -0.4 is 16.0 Å². The minimum Gasteiger partial charge on any atom is -0.463 e. The number of hydrogen-bond acceptors (Lipinski definition) is 10. The number of nitrogens with one attached hydrogen (secondary N) is 4. The van der Waals surface area contributed by atoms with Crippen LogP contribution in [0, 0.1) is 17.6 Å². The predicted octanol–water partition coefficient (Wildman–Crippen LogP) is 10.3. The third kappa shape index (κ3) is 15.9. The van der Waals surface area contributed by atoms with Crippen LogP contribution in [0.3, 0.4) is 0 Å². The molecule has 8 rings (SSSR count). The molecule has 0 spiro atoms. The highest BCUT2D eigenvalue weighted by atomic mass is 79.9. The SMILES string of the molecule is CCC1=CC(Cc2cnc[nH]2)CCC1.Clc1cccc(CNC2=NCCS2)c1Cl.Fc1c(Cl)cccc1CNC1=NCCO1.Fc1ccc(Br)c(CNC2=NCCO2)c1. The first-order valence-corrected chi connectivity index (χ1v) is 22.3. The van der Waals surface area contributed by atoms with Crippen LogP contribution >= 0.6 is 62.5 Å². The highest BCUT2D eigenvalue weighted by Gasteiger charge is 2.14. The molecule has 4 aliphatic rings. The van der Waals surface area contributed by atoms with Crippen molar-refractivity contribution in [1.82, 2.24) is 25.9 Å². The van der Waals surface area contributed by atoms with E-state index >= 15 is 0 Å². The number of aromatic amines is 1. The Morgan fingerprint density at radius 3 is 2.19 bits per heavy atom. The van der Waals surface area contributed by atoms with Crippen molar-refractivity contribution in [2.75, 3.05) is 38.6 Å². The van der Waals surface area contributed by atoms with Crippen LogP contribution in [0.5, 0.6) is 0 Å². The summed E-state index contributed by atoms with van der Waals surface area (Å²) < 4.78 is 37.5. The molecule has 10 nitrogen and oxygen atoms in total. The average molecular weight is 953 g/mol. The van der Waals surface area contributed by atoms with Crippen LogP contribution in [0.2, 0.25) is 15.1 Å². The zero-order chi connectivity index (χ0) is 41.8. The molecule has 4 aromatic rings. The Morgan fingerprint density at radius 2 is 1.54 bits per heavy atom. The second-order valence-electron chi connectivity index (χ2n) is 13.4. The lowest BCUT2D eigenvalue weighted by atomic mass is 9.87. The largest absolute Gasteiger partial charge is 0.463 e. The number of benzene rings is 3. The molecule has 0 amide bonds. The first-order valence-electron chi connectivity index (χ1n) is 19.4. The maximum Gasteiger partial charge on any atom is 0.285 e. The van der Waals surface area contributed by atoms with E-state index in [0.717, 1.165) is 45.4 Å². The fourth-order valence-corrected chi connectivity index (χ4v) is 7.81. The van der Waals surface area contributed by atoms with Gasteiger partial charge in [-0.25, -0.2) is 23.7 Å². The lowest BCUT2D eigenvalue weighted by Crippen LogP contribution is -2.23. The first kappa shape index (κ1) is 46.2. The van der Waals surface area contributed by atoms with E-state index in [1.54, 1.807) is 47.9 Å². The third-order valence-electron chi connectivity index (χ3n) is 9.15. The van der Waals surface area contributed by atoms with Crippen molar-refractivity contribution in [3.05, 3.63) is 132 Å². The summed E-state index contributed by atoms with van der Waals surface area (Å²) in [7, 11) is 0. The van der Waals surface area contributed by atoms with Gasteiger partial charge in [0.1, 0.15) is 24.8 Å². The molecule has 316 valence electrons. The van der Waals surface area contributed by atoms with Gasteiger partial charge in [-0.05, 0) is 79.5 Å². The number of rotatable bonds is 9. The molecule has 0 bridgehead atoms. The molecular weight excluding hydrogens is 905 g/mol. The van der Waals surface area contributed by atoms with Crippen LogP contribution in [0.4, 0.5) is 8.78 Å². The Kier molecular flexibility index (Phi) is 19.7. The summed E-state index contributed by atoms with van der Waals surface area (Å²) in [5.41, 5.74) is 5.25. The van der Waals surface area contributed by atoms with E-state index in [2.05, 4.69) is 69.8 Å². The second kappa shape index (κ2) is 25.1. The maximum atomic E-state index is 13.4. The molecule has 0 saturated carbocycles. The Morgan fingerprint density at radius 1 is 0.847 bits per heavy atom. The summed E-state index contributed by atoms with van der Waals surface area (Å²) in [4.78, 5) is 19.6. The van der Waals surface area contributed by atoms with Gasteiger partial charge in [0.25, 0.3) is 12.0 Å². The van der Waals surface area contributed by atoms with Crippen LogP contribution in [0.15, 0.2) is 98.2 Å². The minimum absolute atomic E-state index is 0.128. The maximum absolute atomic E-state index is 13.4. The molecule has 0 saturated heterocycles. The quantitative estimate of drug-likeness (QED) is 0.123. The average Bonchev–Trinajstić information content (AvgIpc) is 4.11. The van der Waals surface area contributed by atoms with Crippen molar-refractivity contribution in [2.45, 2.75) is 58.7 Å². The first-order chi connectivity index (χ1) is 28.7. The van der Waals surface area contributed by atoms with Crippen molar-refractivity contribution in [2.24, 2.45) is 20.9 Å². The standard InChI is InChI=1S/C12H18N2.C10H10BrFN2O.C10H10Cl2N2S.C10H10ClFN2O/c1-2-10-4-3-5-11(6-10)7-12-8-13-9-14-12;11-9-2-1-8(12)5-7(9)6-14-10-13-3-4-15-10;2*11-8-3-1-2-7(9(8)12)6-14-10-13-4-5-15-10/h6,8-9,11H,2-5,7H2,1H3,(H,13,14);1-2,5H,3-4,6H2,(H,13,14);2*1-3H,4-6H2,(H,13,14). The zero-order valence-corrected chi connectivity index (χ0v) is 37.4. The van der Waals surface area contributed by atoms with Crippen LogP contribution in [-0.2, 0) is 35.5 Å². The summed E-state index contributed by atoms with van der Waals surface area (Å²) >= 11 is 22.7. The highest BCUT2D eigenvalue weighted by Crippen LogP contribution is 2.27. The van der Waals surface area contributed by atoms with Gasteiger partial charge in [0.05, 0.1) is 41.0 Å². The summed E-state index contributed by atoms with van der Waals surface area (Å²) in [6.07, 6.45) is 12.5. The molecule has 17 heteroatoms. The topological polar surface area (TPSA) is 120 Å². The van der Waals surface area contributed by atoms with Crippen molar-refractivity contribution in [1.29, 1.82) is 0 Å². The van der Waals surface area contributed by atoms with Crippen molar-refractivity contribution in [3.8, 4) is 0 Å². The van der Waals surface area contributed by atoms with Crippen LogP contribution in [0.25, 0.3) is 0 Å². The lowest BCUT2D eigenvalue weighted by Gasteiger charge is -2.19. The lowest BCUT2D eigenvalue weighted by molar-refractivity contribution is 0.331. The molecule has 0 fully saturated rings. The van der Waals surface area contributed by atoms with Crippen LogP contribution in [-0.4, -0.2) is 65.8 Å². The van der Waals surface area contributed by atoms with E-state index in [0.29, 0.717) is 73.6 Å². The number of imidazole rings is 1. The number of H-pyrrole nitrogens is 1. The fourth-order valence-electron chi connectivity index (χ4n) is 6.11. The molecule has 3 aromatic carbocycles. The summed E-state index contributed by atoms with van der Waals surface area (Å²) in [6, 6.07) is 16.1. The number of aromatic nitrogens is 2. The Labute approximate surface area is 372 Å². The van der Waals surface area contributed by atoms with Gasteiger partial charge in [-0.2, -0.15) is 0 Å². The number of allylic oxidation sites excluding steroid dienone is 2. The Bertz CT molecular complexity index is 1960. The Hall–Kier alpha value is -3.82. The molecule has 1 atom stereocenters. The van der Waals surface area contributed by atoms with Crippen molar-refractivity contribution < 1.29 is 18.3 Å². The fraction of sp³-hybridized carbons (Fsp3) is 0.381. The summed E-state index contributed by atoms with van der Waals surface area (Å²) in [5, 5.41) is 11.5. The molecule has 1 aromatic heterocycles. The van der Waals surface area contributed by atoms with E-state index in [-0.39, 0.29) is 10.8 Å². The molecule has 59 heavy (non-hydrogen) atoms.